The summed E-state index contributed by atoms with van der Waals surface area (Å²) in [5, 5.41) is 8.33. The number of benzene rings is 3. The van der Waals surface area contributed by atoms with E-state index in [2.05, 4.69) is 79.1 Å². The van der Waals surface area contributed by atoms with E-state index in [0.29, 0.717) is 23.7 Å². The quantitative estimate of drug-likeness (QED) is 0.281. The monoisotopic (exact) mass is 614 g/mol. The van der Waals surface area contributed by atoms with E-state index in [1.807, 2.05) is 36.4 Å². The molecule has 224 valence electrons. The minimum absolute atomic E-state index is 0.0513. The number of allylic oxidation sites excluding steroid dienone is 1. The summed E-state index contributed by atoms with van der Waals surface area (Å²) in [7, 11) is 0. The van der Waals surface area contributed by atoms with Crippen molar-refractivity contribution in [2.24, 2.45) is 11.0 Å². The van der Waals surface area contributed by atoms with E-state index in [1.165, 1.54) is 11.1 Å². The van der Waals surface area contributed by atoms with Crippen LogP contribution in [-0.2, 0) is 11.3 Å². The first-order valence-electron chi connectivity index (χ1n) is 15.4. The molecule has 7 heteroatoms. The maximum Gasteiger partial charge on any atom is 0.257 e. The second-order valence-corrected chi connectivity index (χ2v) is 13.2. The molecule has 0 spiro atoms. The fourth-order valence-corrected chi connectivity index (χ4v) is 7.36. The third-order valence-electron chi connectivity index (χ3n) is 9.59. The van der Waals surface area contributed by atoms with Gasteiger partial charge in [0.1, 0.15) is 0 Å². The second-order valence-electron chi connectivity index (χ2n) is 12.4. The van der Waals surface area contributed by atoms with Crippen LogP contribution in [-0.4, -0.2) is 57.6 Å². The van der Waals surface area contributed by atoms with E-state index in [-0.39, 0.29) is 23.9 Å². The summed E-state index contributed by atoms with van der Waals surface area (Å²) in [6, 6.07) is 27.2. The van der Waals surface area contributed by atoms with Crippen LogP contribution in [0.15, 0.2) is 89.5 Å². The van der Waals surface area contributed by atoms with Crippen LogP contribution >= 0.6 is 23.2 Å². The summed E-state index contributed by atoms with van der Waals surface area (Å²) >= 11 is 12.4. The van der Waals surface area contributed by atoms with E-state index >= 15 is 0 Å². The molecule has 5 nitrogen and oxygen atoms in total. The second kappa shape index (κ2) is 13.0. The Morgan fingerprint density at radius 3 is 2.28 bits per heavy atom. The predicted octanol–water partition coefficient (Wildman–Crippen LogP) is 8.10. The maximum absolute atomic E-state index is 14.2. The number of carbonyl (C=O) groups excluding carboxylic acids is 1. The lowest BCUT2D eigenvalue weighted by Crippen LogP contribution is -2.62. The summed E-state index contributed by atoms with van der Waals surface area (Å²) in [6.07, 6.45) is 5.22. The first-order chi connectivity index (χ1) is 20.8. The molecule has 2 heterocycles. The van der Waals surface area contributed by atoms with Gasteiger partial charge >= 0.3 is 0 Å². The van der Waals surface area contributed by atoms with E-state index in [9.17, 15) is 4.79 Å². The number of carbonyl (C=O) groups is 1. The highest BCUT2D eigenvalue weighted by molar-refractivity contribution is 6.30. The van der Waals surface area contributed by atoms with Gasteiger partial charge in [-0.3, -0.25) is 14.6 Å². The molecule has 1 amide bonds. The summed E-state index contributed by atoms with van der Waals surface area (Å²) in [5.41, 5.74) is 5.74. The largest absolute Gasteiger partial charge is 0.291 e. The van der Waals surface area contributed by atoms with Crippen molar-refractivity contribution in [3.63, 3.8) is 0 Å². The number of piperazine rings is 1. The standard InChI is InChI=1S/C36H40Cl2N4O/c1-24-21-40(25(2)26(3)41(24)22-28-8-5-4-6-9-28)23-34(43)42-36(29-14-18-32(38)19-15-29)33-11-7-10-30(35(33)39-42)20-27-12-16-31(37)17-13-27/h4-6,8-9,12-20,24-26,33,36H,7,10-11,21-23H2,1-3H3/b30-20-. The number of hydrazone groups is 1. The van der Waals surface area contributed by atoms with E-state index < -0.39 is 0 Å². The molecule has 0 bridgehead atoms. The Bertz CT molecular complexity index is 1490. The first-order valence-corrected chi connectivity index (χ1v) is 16.2. The van der Waals surface area contributed by atoms with Crippen LogP contribution in [0.1, 0.15) is 62.8 Å². The average Bonchev–Trinajstić information content (AvgIpc) is 3.41. The number of amides is 1. The molecule has 2 fully saturated rings. The lowest BCUT2D eigenvalue weighted by molar-refractivity contribution is -0.137. The van der Waals surface area contributed by atoms with Crippen molar-refractivity contribution in [1.29, 1.82) is 0 Å². The zero-order valence-corrected chi connectivity index (χ0v) is 26.7. The van der Waals surface area contributed by atoms with Gasteiger partial charge in [0.15, 0.2) is 0 Å². The van der Waals surface area contributed by atoms with Gasteiger partial charge in [0.25, 0.3) is 5.91 Å². The van der Waals surface area contributed by atoms with Crippen molar-refractivity contribution in [1.82, 2.24) is 14.8 Å². The third-order valence-corrected chi connectivity index (χ3v) is 10.1. The Labute approximate surface area is 265 Å². The summed E-state index contributed by atoms with van der Waals surface area (Å²) in [4.78, 5) is 19.2. The van der Waals surface area contributed by atoms with E-state index in [0.717, 1.165) is 54.2 Å². The number of halogens is 2. The molecule has 6 rings (SSSR count). The maximum atomic E-state index is 14.2. The molecule has 43 heavy (non-hydrogen) atoms. The van der Waals surface area contributed by atoms with Crippen LogP contribution < -0.4 is 0 Å². The molecule has 5 atom stereocenters. The number of nitrogens with zero attached hydrogens (tertiary/aromatic N) is 4. The number of rotatable bonds is 6. The zero-order valence-electron chi connectivity index (χ0n) is 25.2. The van der Waals surface area contributed by atoms with Crippen LogP contribution in [0, 0.1) is 5.92 Å². The van der Waals surface area contributed by atoms with Gasteiger partial charge in [0.2, 0.25) is 0 Å². The van der Waals surface area contributed by atoms with Crippen LogP contribution in [0.2, 0.25) is 10.0 Å². The molecule has 1 saturated heterocycles. The molecule has 3 aliphatic rings. The number of hydrogen-bond acceptors (Lipinski definition) is 4. The fourth-order valence-electron chi connectivity index (χ4n) is 7.10. The van der Waals surface area contributed by atoms with Gasteiger partial charge in [-0.15, -0.1) is 0 Å². The molecule has 2 aliphatic heterocycles. The van der Waals surface area contributed by atoms with Crippen molar-refractivity contribution in [2.75, 3.05) is 13.1 Å². The molecular weight excluding hydrogens is 575 g/mol. The van der Waals surface area contributed by atoms with Crippen molar-refractivity contribution >= 4 is 40.9 Å². The molecule has 1 aliphatic carbocycles. The summed E-state index contributed by atoms with van der Waals surface area (Å²) < 4.78 is 0. The van der Waals surface area contributed by atoms with Crippen molar-refractivity contribution in [2.45, 2.75) is 70.7 Å². The van der Waals surface area contributed by atoms with Gasteiger partial charge in [0, 0.05) is 47.2 Å². The summed E-state index contributed by atoms with van der Waals surface area (Å²) in [5.74, 6) is 0.200. The van der Waals surface area contributed by atoms with Crippen molar-refractivity contribution in [3.05, 3.63) is 111 Å². The highest BCUT2D eigenvalue weighted by Crippen LogP contribution is 2.44. The smallest absolute Gasteiger partial charge is 0.257 e. The predicted molar refractivity (Wildman–Crippen MR) is 177 cm³/mol. The third kappa shape index (κ3) is 6.46. The molecule has 0 N–H and O–H groups in total. The molecule has 3 aromatic rings. The highest BCUT2D eigenvalue weighted by Gasteiger charge is 2.45. The zero-order chi connectivity index (χ0) is 30.1. The fraction of sp³-hybridized carbons (Fsp3) is 0.389. The topological polar surface area (TPSA) is 39.1 Å². The lowest BCUT2D eigenvalue weighted by Gasteiger charge is -2.49. The van der Waals surface area contributed by atoms with Crippen LogP contribution in [0.25, 0.3) is 6.08 Å². The van der Waals surface area contributed by atoms with Crippen molar-refractivity contribution in [3.8, 4) is 0 Å². The molecule has 1 saturated carbocycles. The molecule has 5 unspecified atom stereocenters. The van der Waals surface area contributed by atoms with Crippen LogP contribution in [0.3, 0.4) is 0 Å². The number of fused-ring (bicyclic) bond motifs is 1. The van der Waals surface area contributed by atoms with Gasteiger partial charge in [-0.2, -0.15) is 5.10 Å². The molecule has 0 radical (unpaired) electrons. The molecule has 3 aromatic carbocycles. The Kier molecular flexibility index (Phi) is 9.06. The highest BCUT2D eigenvalue weighted by atomic mass is 35.5. The number of hydrogen-bond donors (Lipinski definition) is 0. The van der Waals surface area contributed by atoms with Crippen LogP contribution in [0.4, 0.5) is 0 Å². The normalized spacial score (nSPS) is 27.3. The SMILES string of the molecule is CC1C(C)N(Cc2ccccc2)C(C)CN1CC(=O)N1N=C2/C(=C\c3ccc(Cl)cc3)CCCC2C1c1ccc(Cl)cc1. The molecular formula is C36H40Cl2N4O. The van der Waals surface area contributed by atoms with Gasteiger partial charge in [-0.25, -0.2) is 5.01 Å². The minimum Gasteiger partial charge on any atom is -0.291 e. The van der Waals surface area contributed by atoms with E-state index in [1.54, 1.807) is 5.01 Å². The Morgan fingerprint density at radius 2 is 1.58 bits per heavy atom. The first kappa shape index (κ1) is 30.1. The van der Waals surface area contributed by atoms with Gasteiger partial charge in [0.05, 0.1) is 18.3 Å². The lowest BCUT2D eigenvalue weighted by atomic mass is 9.77. The average molecular weight is 616 g/mol. The van der Waals surface area contributed by atoms with Gasteiger partial charge in [-0.1, -0.05) is 77.8 Å². The molecule has 0 aromatic heterocycles. The Morgan fingerprint density at radius 1 is 0.907 bits per heavy atom. The van der Waals surface area contributed by atoms with Gasteiger partial charge < -0.3 is 0 Å². The Balaban J connectivity index is 1.26. The van der Waals surface area contributed by atoms with Crippen LogP contribution in [0.5, 0.6) is 0 Å². The van der Waals surface area contributed by atoms with Gasteiger partial charge in [-0.05, 0) is 92.6 Å². The Hall–Kier alpha value is -2.96. The minimum atomic E-state index is -0.141. The summed E-state index contributed by atoms with van der Waals surface area (Å²) in [6.45, 7) is 8.91. The van der Waals surface area contributed by atoms with Crippen molar-refractivity contribution < 1.29 is 4.79 Å². The van der Waals surface area contributed by atoms with E-state index in [4.69, 9.17) is 28.3 Å².